The molecular weight excluding hydrogens is 455 g/mol. The summed E-state index contributed by atoms with van der Waals surface area (Å²) in [6.45, 7) is 1.25. The van der Waals surface area contributed by atoms with Crippen molar-refractivity contribution in [3.8, 4) is 0 Å². The van der Waals surface area contributed by atoms with Crippen molar-refractivity contribution < 1.29 is 19.1 Å². The third-order valence-electron chi connectivity index (χ3n) is 5.95. The van der Waals surface area contributed by atoms with E-state index in [4.69, 9.17) is 15.8 Å². The fraction of sp³-hybridized carbons (Fsp3) is 0.261. The van der Waals surface area contributed by atoms with Crippen LogP contribution in [0.3, 0.4) is 0 Å². The summed E-state index contributed by atoms with van der Waals surface area (Å²) < 4.78 is 14.4. The number of hydrogen-bond donors (Lipinski definition) is 5. The minimum Gasteiger partial charge on any atom is -0.477 e. The van der Waals surface area contributed by atoms with Crippen LogP contribution in [0.4, 0.5) is 15.9 Å². The molecule has 1 aromatic carbocycles. The van der Waals surface area contributed by atoms with Crippen molar-refractivity contribution in [3.63, 3.8) is 0 Å². The van der Waals surface area contributed by atoms with E-state index in [1.807, 2.05) is 4.90 Å². The van der Waals surface area contributed by atoms with Gasteiger partial charge in [-0.1, -0.05) is 6.07 Å². The number of aromatic nitrogens is 4. The quantitative estimate of drug-likeness (QED) is 0.278. The van der Waals surface area contributed by atoms with Gasteiger partial charge in [-0.15, -0.1) is 0 Å². The first-order valence-corrected chi connectivity index (χ1v) is 11.0. The maximum atomic E-state index is 14.4. The van der Waals surface area contributed by atoms with E-state index >= 15 is 0 Å². The number of fused-ring (bicyclic) bond motifs is 3. The normalized spacial score (nSPS) is 15.6. The molecule has 4 aromatic rings. The molecule has 0 aliphatic carbocycles. The van der Waals surface area contributed by atoms with E-state index in [1.165, 1.54) is 30.3 Å². The topological polar surface area (TPSA) is 162 Å². The van der Waals surface area contributed by atoms with Crippen LogP contribution in [0.5, 0.6) is 0 Å². The zero-order chi connectivity index (χ0) is 24.7. The lowest BCUT2D eigenvalue weighted by atomic mass is 10.1. The van der Waals surface area contributed by atoms with Crippen LogP contribution in [-0.2, 0) is 6.54 Å². The molecule has 1 unspecified atom stereocenters. The maximum absolute atomic E-state index is 14.4. The van der Waals surface area contributed by atoms with Gasteiger partial charge in [-0.05, 0) is 30.7 Å². The first-order valence-electron chi connectivity index (χ1n) is 11.0. The highest BCUT2D eigenvalue weighted by molar-refractivity contribution is 6.14. The first-order chi connectivity index (χ1) is 16.8. The standard InChI is InChI=1S/C23H23FN8O3/c1-26-16-8-11(24)7-13-18-20(31-19(13)16)29-17(30-21(18)32-6-5-12(25)10-32)9-27-22(33)14-3-2-4-15(28-14)23(34)35/h2-4,7-8,12,26H,5-6,9-10,25H2,1H3,(H,27,33)(H,34,35)(H,29,30,31). The van der Waals surface area contributed by atoms with Crippen LogP contribution in [0, 0.1) is 5.82 Å². The molecule has 1 saturated heterocycles. The Morgan fingerprint density at radius 2 is 2.06 bits per heavy atom. The number of pyridine rings is 1. The van der Waals surface area contributed by atoms with Gasteiger partial charge >= 0.3 is 5.97 Å². The van der Waals surface area contributed by atoms with E-state index < -0.39 is 11.9 Å². The van der Waals surface area contributed by atoms with E-state index in [0.29, 0.717) is 52.4 Å². The second-order valence-corrected chi connectivity index (χ2v) is 8.33. The predicted octanol–water partition coefficient (Wildman–Crippen LogP) is 1.85. The van der Waals surface area contributed by atoms with Gasteiger partial charge in [0.15, 0.2) is 5.82 Å². The van der Waals surface area contributed by atoms with E-state index in [9.17, 15) is 14.0 Å². The number of carboxylic acid groups (broad SMARTS) is 1. The first kappa shape index (κ1) is 22.5. The molecule has 0 saturated carbocycles. The van der Waals surface area contributed by atoms with Gasteiger partial charge in [0.2, 0.25) is 0 Å². The van der Waals surface area contributed by atoms with Gasteiger partial charge in [-0.25, -0.2) is 24.1 Å². The fourth-order valence-corrected chi connectivity index (χ4v) is 4.30. The van der Waals surface area contributed by atoms with Gasteiger partial charge in [0, 0.05) is 31.6 Å². The Morgan fingerprint density at radius 3 is 2.77 bits per heavy atom. The number of benzene rings is 1. The molecule has 6 N–H and O–H groups in total. The number of anilines is 2. The number of aromatic amines is 1. The second-order valence-electron chi connectivity index (χ2n) is 8.33. The number of halogens is 1. The molecule has 0 bridgehead atoms. The van der Waals surface area contributed by atoms with E-state index in [1.54, 1.807) is 7.05 Å². The van der Waals surface area contributed by atoms with Crippen molar-refractivity contribution in [2.75, 3.05) is 30.4 Å². The summed E-state index contributed by atoms with van der Waals surface area (Å²) in [6.07, 6.45) is 0.793. The molecule has 180 valence electrons. The van der Waals surface area contributed by atoms with Crippen molar-refractivity contribution in [2.24, 2.45) is 5.73 Å². The Kier molecular flexibility index (Phi) is 5.65. The summed E-state index contributed by atoms with van der Waals surface area (Å²) >= 11 is 0. The summed E-state index contributed by atoms with van der Waals surface area (Å²) in [6, 6.07) is 7.02. The summed E-state index contributed by atoms with van der Waals surface area (Å²) in [5.74, 6) is -1.24. The third-order valence-corrected chi connectivity index (χ3v) is 5.95. The molecule has 0 spiro atoms. The molecule has 3 aromatic heterocycles. The minimum absolute atomic E-state index is 0.00874. The van der Waals surface area contributed by atoms with Crippen LogP contribution in [-0.4, -0.2) is 63.1 Å². The maximum Gasteiger partial charge on any atom is 0.354 e. The lowest BCUT2D eigenvalue weighted by Crippen LogP contribution is -2.28. The molecule has 1 amide bonds. The molecule has 1 fully saturated rings. The number of nitrogens with two attached hydrogens (primary N) is 1. The molecular formula is C23H23FN8O3. The van der Waals surface area contributed by atoms with Crippen molar-refractivity contribution >= 4 is 45.3 Å². The number of H-pyrrole nitrogens is 1. The second kappa shape index (κ2) is 8.80. The number of aromatic carboxylic acids is 1. The summed E-state index contributed by atoms with van der Waals surface area (Å²) in [7, 11) is 1.71. The molecule has 0 radical (unpaired) electrons. The largest absolute Gasteiger partial charge is 0.477 e. The SMILES string of the molecule is CNc1cc(F)cc2c1[nH]c1nc(CNC(=O)c3cccc(C(=O)O)n3)nc(N3CCC(N)C3)c12. The number of rotatable bonds is 6. The van der Waals surface area contributed by atoms with Gasteiger partial charge in [0.05, 0.1) is 23.1 Å². The Hall–Kier alpha value is -4.32. The Bertz CT molecular complexity index is 1470. The number of carbonyl (C=O) groups is 2. The lowest BCUT2D eigenvalue weighted by molar-refractivity contribution is 0.0690. The molecule has 11 nitrogen and oxygen atoms in total. The van der Waals surface area contributed by atoms with Gasteiger partial charge < -0.3 is 31.4 Å². The molecule has 1 atom stereocenters. The average Bonchev–Trinajstić information content (AvgIpc) is 3.45. The highest BCUT2D eigenvalue weighted by atomic mass is 19.1. The monoisotopic (exact) mass is 478 g/mol. The van der Waals surface area contributed by atoms with Crippen LogP contribution in [0.2, 0.25) is 0 Å². The molecule has 1 aliphatic heterocycles. The highest BCUT2D eigenvalue weighted by Gasteiger charge is 2.26. The Labute approximate surface area is 198 Å². The van der Waals surface area contributed by atoms with Crippen LogP contribution < -0.4 is 21.3 Å². The Morgan fingerprint density at radius 1 is 1.26 bits per heavy atom. The number of carbonyl (C=O) groups excluding carboxylic acids is 1. The summed E-state index contributed by atoms with van der Waals surface area (Å²) in [5, 5.41) is 16.1. The number of nitrogens with zero attached hydrogens (tertiary/aromatic N) is 4. The summed E-state index contributed by atoms with van der Waals surface area (Å²) in [4.78, 5) is 42.2. The highest BCUT2D eigenvalue weighted by Crippen LogP contribution is 2.36. The number of nitrogens with one attached hydrogen (secondary N) is 3. The zero-order valence-electron chi connectivity index (χ0n) is 18.8. The Balaban J connectivity index is 1.54. The zero-order valence-corrected chi connectivity index (χ0v) is 18.8. The number of amides is 1. The smallest absolute Gasteiger partial charge is 0.354 e. The van der Waals surface area contributed by atoms with Gasteiger partial charge in [0.25, 0.3) is 5.91 Å². The predicted molar refractivity (Wildman–Crippen MR) is 128 cm³/mol. The van der Waals surface area contributed by atoms with Crippen LogP contribution in [0.25, 0.3) is 21.9 Å². The van der Waals surface area contributed by atoms with Crippen LogP contribution in [0.1, 0.15) is 33.2 Å². The van der Waals surface area contributed by atoms with Crippen LogP contribution >= 0.6 is 0 Å². The van der Waals surface area contributed by atoms with Crippen molar-refractivity contribution in [1.82, 2.24) is 25.3 Å². The van der Waals surface area contributed by atoms with E-state index in [-0.39, 0.29) is 29.8 Å². The van der Waals surface area contributed by atoms with Crippen molar-refractivity contribution in [2.45, 2.75) is 19.0 Å². The molecule has 1 aliphatic rings. The number of carboxylic acids is 1. The molecule has 4 heterocycles. The van der Waals surface area contributed by atoms with E-state index in [0.717, 1.165) is 6.42 Å². The van der Waals surface area contributed by atoms with Crippen molar-refractivity contribution in [3.05, 3.63) is 53.4 Å². The molecule has 12 heteroatoms. The van der Waals surface area contributed by atoms with Crippen LogP contribution in [0.15, 0.2) is 30.3 Å². The minimum atomic E-state index is -1.22. The van der Waals surface area contributed by atoms with E-state index in [2.05, 4.69) is 25.6 Å². The molecule has 5 rings (SSSR count). The number of hydrogen-bond acceptors (Lipinski definition) is 8. The van der Waals surface area contributed by atoms with Gasteiger partial charge in [-0.2, -0.15) is 0 Å². The summed E-state index contributed by atoms with van der Waals surface area (Å²) in [5.41, 5.74) is 7.65. The van der Waals surface area contributed by atoms with Gasteiger partial charge in [-0.3, -0.25) is 4.79 Å². The average molecular weight is 478 g/mol. The van der Waals surface area contributed by atoms with Crippen molar-refractivity contribution in [1.29, 1.82) is 0 Å². The fourth-order valence-electron chi connectivity index (χ4n) is 4.30. The third kappa shape index (κ3) is 4.19. The lowest BCUT2D eigenvalue weighted by Gasteiger charge is -2.19. The van der Waals surface area contributed by atoms with Gasteiger partial charge in [0.1, 0.15) is 28.7 Å². The molecule has 35 heavy (non-hydrogen) atoms.